The maximum atomic E-state index is 12.7. The number of carbonyl (C=O) groups is 1. The van der Waals surface area contributed by atoms with Gasteiger partial charge in [-0.05, 0) is 56.5 Å². The summed E-state index contributed by atoms with van der Waals surface area (Å²) in [5.41, 5.74) is 2.32. The van der Waals surface area contributed by atoms with Crippen LogP contribution in [0.1, 0.15) is 43.5 Å². The van der Waals surface area contributed by atoms with Crippen LogP contribution in [-0.4, -0.2) is 23.1 Å². The van der Waals surface area contributed by atoms with Gasteiger partial charge in [-0.2, -0.15) is 0 Å². The van der Waals surface area contributed by atoms with Crippen LogP contribution in [0.15, 0.2) is 48.8 Å². The zero-order valence-electron chi connectivity index (χ0n) is 14.2. The number of hydrogen-bond acceptors (Lipinski definition) is 3. The summed E-state index contributed by atoms with van der Waals surface area (Å²) in [6, 6.07) is 11.7. The zero-order chi connectivity index (χ0) is 16.9. The lowest BCUT2D eigenvalue weighted by atomic mass is 9.94. The molecule has 4 heteroatoms. The molecule has 0 radical (unpaired) electrons. The number of amides is 1. The van der Waals surface area contributed by atoms with E-state index in [9.17, 15) is 4.79 Å². The smallest absolute Gasteiger partial charge is 0.252 e. The van der Waals surface area contributed by atoms with Gasteiger partial charge in [0.2, 0.25) is 0 Å². The van der Waals surface area contributed by atoms with Gasteiger partial charge in [0.1, 0.15) is 5.60 Å². The molecule has 0 unspecified atom stereocenters. The Kier molecular flexibility index (Phi) is 5.50. The Morgan fingerprint density at radius 1 is 1.22 bits per heavy atom. The lowest BCUT2D eigenvalue weighted by Gasteiger charge is -2.28. The van der Waals surface area contributed by atoms with Gasteiger partial charge in [0.15, 0.2) is 0 Å². The molecular formula is C19H24N2O2. The first-order chi connectivity index (χ1) is 11.0. The first-order valence-electron chi connectivity index (χ1n) is 7.86. The molecule has 2 rings (SSSR count). The van der Waals surface area contributed by atoms with Crippen molar-refractivity contribution in [2.75, 3.05) is 6.61 Å². The molecule has 0 spiro atoms. The number of aryl methyl sites for hydroxylation is 1. The zero-order valence-corrected chi connectivity index (χ0v) is 14.2. The Morgan fingerprint density at radius 3 is 2.48 bits per heavy atom. The normalized spacial score (nSPS) is 12.7. The van der Waals surface area contributed by atoms with E-state index < -0.39 is 5.60 Å². The van der Waals surface area contributed by atoms with Crippen LogP contribution < -0.4 is 5.32 Å². The topological polar surface area (TPSA) is 51.2 Å². The van der Waals surface area contributed by atoms with Crippen LogP contribution in [0.3, 0.4) is 0 Å². The molecule has 0 bridgehead atoms. The van der Waals surface area contributed by atoms with Crippen molar-refractivity contribution in [2.45, 2.75) is 39.3 Å². The first kappa shape index (κ1) is 17.2. The molecule has 0 fully saturated rings. The molecular weight excluding hydrogens is 288 g/mol. The third-order valence-electron chi connectivity index (χ3n) is 3.87. The largest absolute Gasteiger partial charge is 0.366 e. The molecule has 2 aromatic rings. The maximum absolute atomic E-state index is 12.7. The van der Waals surface area contributed by atoms with Crippen LogP contribution in [0.25, 0.3) is 0 Å². The van der Waals surface area contributed by atoms with Crippen molar-refractivity contribution < 1.29 is 9.53 Å². The number of benzene rings is 1. The lowest BCUT2D eigenvalue weighted by molar-refractivity contribution is -0.142. The predicted octanol–water partition coefficient (Wildman–Crippen LogP) is 3.41. The van der Waals surface area contributed by atoms with Crippen LogP contribution in [-0.2, 0) is 9.53 Å². The Hall–Kier alpha value is -2.20. The molecule has 0 aliphatic rings. The highest BCUT2D eigenvalue weighted by atomic mass is 16.5. The summed E-state index contributed by atoms with van der Waals surface area (Å²) in [5, 5.41) is 3.12. The number of aromatic nitrogens is 1. The molecule has 1 heterocycles. The Balaban J connectivity index is 2.36. The molecule has 4 nitrogen and oxygen atoms in total. The van der Waals surface area contributed by atoms with Crippen molar-refractivity contribution >= 4 is 5.91 Å². The number of hydrogen-bond donors (Lipinski definition) is 1. The van der Waals surface area contributed by atoms with E-state index in [1.807, 2.05) is 50.2 Å². The van der Waals surface area contributed by atoms with Gasteiger partial charge in [0, 0.05) is 19.0 Å². The summed E-state index contributed by atoms with van der Waals surface area (Å²) < 4.78 is 5.57. The van der Waals surface area contributed by atoms with Gasteiger partial charge in [-0.3, -0.25) is 9.78 Å². The van der Waals surface area contributed by atoms with Crippen molar-refractivity contribution in [1.82, 2.24) is 10.3 Å². The van der Waals surface area contributed by atoms with E-state index in [0.717, 1.165) is 16.7 Å². The number of ether oxygens (including phenoxy) is 1. The van der Waals surface area contributed by atoms with Crippen molar-refractivity contribution in [2.24, 2.45) is 0 Å². The molecule has 122 valence electrons. The standard InChI is InChI=1S/C19H24N2O2/c1-5-23-19(3,4)18(22)21-17(15-10-12-20-13-11-15)16-9-7-6-8-14(16)2/h6-13,17H,5H2,1-4H3,(H,21,22)/t17-/m0/s1. The van der Waals surface area contributed by atoms with E-state index >= 15 is 0 Å². The molecule has 1 amide bonds. The van der Waals surface area contributed by atoms with E-state index in [2.05, 4.69) is 10.3 Å². The third-order valence-corrected chi connectivity index (χ3v) is 3.87. The highest BCUT2D eigenvalue weighted by Crippen LogP contribution is 2.25. The molecule has 1 aromatic carbocycles. The molecule has 1 N–H and O–H groups in total. The molecule has 0 aliphatic carbocycles. The van der Waals surface area contributed by atoms with Crippen LogP contribution in [0.5, 0.6) is 0 Å². The SMILES string of the molecule is CCOC(C)(C)C(=O)N[C@@H](c1ccncc1)c1ccccc1C. The fraction of sp³-hybridized carbons (Fsp3) is 0.368. The fourth-order valence-corrected chi connectivity index (χ4v) is 2.54. The minimum Gasteiger partial charge on any atom is -0.366 e. The van der Waals surface area contributed by atoms with Crippen molar-refractivity contribution in [3.8, 4) is 0 Å². The van der Waals surface area contributed by atoms with Gasteiger partial charge in [0.25, 0.3) is 5.91 Å². The van der Waals surface area contributed by atoms with E-state index in [-0.39, 0.29) is 11.9 Å². The van der Waals surface area contributed by atoms with Gasteiger partial charge in [-0.15, -0.1) is 0 Å². The Labute approximate surface area is 137 Å². The number of nitrogens with zero attached hydrogens (tertiary/aromatic N) is 1. The predicted molar refractivity (Wildman–Crippen MR) is 91.1 cm³/mol. The number of nitrogens with one attached hydrogen (secondary N) is 1. The number of pyridine rings is 1. The van der Waals surface area contributed by atoms with E-state index in [1.54, 1.807) is 26.2 Å². The minimum atomic E-state index is -0.872. The summed E-state index contributed by atoms with van der Waals surface area (Å²) >= 11 is 0. The summed E-state index contributed by atoms with van der Waals surface area (Å²) in [6.07, 6.45) is 3.47. The molecule has 1 atom stereocenters. The summed E-state index contributed by atoms with van der Waals surface area (Å²) in [4.78, 5) is 16.7. The highest BCUT2D eigenvalue weighted by molar-refractivity contribution is 5.85. The van der Waals surface area contributed by atoms with E-state index in [4.69, 9.17) is 4.74 Å². The van der Waals surface area contributed by atoms with Crippen LogP contribution in [0.4, 0.5) is 0 Å². The monoisotopic (exact) mass is 312 g/mol. The van der Waals surface area contributed by atoms with Crippen LogP contribution in [0, 0.1) is 6.92 Å². The fourth-order valence-electron chi connectivity index (χ4n) is 2.54. The van der Waals surface area contributed by atoms with Gasteiger partial charge < -0.3 is 10.1 Å². The average molecular weight is 312 g/mol. The first-order valence-corrected chi connectivity index (χ1v) is 7.86. The number of rotatable bonds is 6. The van der Waals surface area contributed by atoms with Crippen molar-refractivity contribution in [3.63, 3.8) is 0 Å². The van der Waals surface area contributed by atoms with Crippen LogP contribution >= 0.6 is 0 Å². The molecule has 23 heavy (non-hydrogen) atoms. The minimum absolute atomic E-state index is 0.135. The Morgan fingerprint density at radius 2 is 1.87 bits per heavy atom. The molecule has 0 aliphatic heterocycles. The highest BCUT2D eigenvalue weighted by Gasteiger charge is 2.31. The summed E-state index contributed by atoms with van der Waals surface area (Å²) in [7, 11) is 0. The van der Waals surface area contributed by atoms with Gasteiger partial charge >= 0.3 is 0 Å². The summed E-state index contributed by atoms with van der Waals surface area (Å²) in [5.74, 6) is -0.135. The second-order valence-corrected chi connectivity index (χ2v) is 5.99. The molecule has 0 saturated heterocycles. The van der Waals surface area contributed by atoms with Gasteiger partial charge in [-0.1, -0.05) is 24.3 Å². The van der Waals surface area contributed by atoms with Gasteiger partial charge in [-0.25, -0.2) is 0 Å². The summed E-state index contributed by atoms with van der Waals surface area (Å²) in [6.45, 7) is 7.99. The molecule has 0 saturated carbocycles. The average Bonchev–Trinajstić information content (AvgIpc) is 2.54. The maximum Gasteiger partial charge on any atom is 0.252 e. The van der Waals surface area contributed by atoms with E-state index in [0.29, 0.717) is 6.61 Å². The van der Waals surface area contributed by atoms with Crippen molar-refractivity contribution in [1.29, 1.82) is 0 Å². The molecule has 1 aromatic heterocycles. The third kappa shape index (κ3) is 4.17. The lowest BCUT2D eigenvalue weighted by Crippen LogP contribution is -2.46. The second-order valence-electron chi connectivity index (χ2n) is 5.99. The van der Waals surface area contributed by atoms with Crippen molar-refractivity contribution in [3.05, 3.63) is 65.5 Å². The van der Waals surface area contributed by atoms with Crippen LogP contribution in [0.2, 0.25) is 0 Å². The van der Waals surface area contributed by atoms with Gasteiger partial charge in [0.05, 0.1) is 6.04 Å². The number of carbonyl (C=O) groups excluding carboxylic acids is 1. The quantitative estimate of drug-likeness (QED) is 0.889. The van der Waals surface area contributed by atoms with E-state index in [1.165, 1.54) is 0 Å². The Bertz CT molecular complexity index is 653. The second kappa shape index (κ2) is 7.38.